The third-order valence-corrected chi connectivity index (χ3v) is 2.92. The van der Waals surface area contributed by atoms with Crippen LogP contribution in [-0.4, -0.2) is 29.4 Å². The summed E-state index contributed by atoms with van der Waals surface area (Å²) in [5.41, 5.74) is 1.61. The third-order valence-electron chi connectivity index (χ3n) is 2.39. The van der Waals surface area contributed by atoms with Crippen LogP contribution in [0.2, 0.25) is 0 Å². The van der Waals surface area contributed by atoms with Gasteiger partial charge in [-0.05, 0) is 12.8 Å². The molecule has 3 heteroatoms. The van der Waals surface area contributed by atoms with Gasteiger partial charge < -0.3 is 0 Å². The van der Waals surface area contributed by atoms with Gasteiger partial charge in [0.1, 0.15) is 0 Å². The van der Waals surface area contributed by atoms with Crippen molar-refractivity contribution in [3.8, 4) is 0 Å². The lowest BCUT2D eigenvalue weighted by molar-refractivity contribution is 0.151. The zero-order chi connectivity index (χ0) is 8.81. The van der Waals surface area contributed by atoms with Crippen LogP contribution in [0, 0.1) is 0 Å². The van der Waals surface area contributed by atoms with E-state index < -0.39 is 0 Å². The average molecular weight is 253 g/mol. The molecule has 1 fully saturated rings. The second-order valence-corrected chi connectivity index (χ2v) is 4.18. The minimum atomic E-state index is 0.815. The second-order valence-electron chi connectivity index (χ2n) is 3.13. The molecular weight excluding hydrogens is 237 g/mol. The fourth-order valence-electron chi connectivity index (χ4n) is 1.46. The van der Waals surface area contributed by atoms with Crippen LogP contribution in [-0.2, 0) is 0 Å². The summed E-state index contributed by atoms with van der Waals surface area (Å²) in [6, 6.07) is 0.815. The van der Waals surface area contributed by atoms with Crippen molar-refractivity contribution in [1.29, 1.82) is 0 Å². The first-order chi connectivity index (χ1) is 5.88. The van der Waals surface area contributed by atoms with Gasteiger partial charge in [-0.15, -0.1) is 0 Å². The Morgan fingerprint density at radius 1 is 1.50 bits per heavy atom. The van der Waals surface area contributed by atoms with Crippen molar-refractivity contribution in [2.24, 2.45) is 0 Å². The van der Waals surface area contributed by atoms with E-state index in [1.54, 1.807) is 5.54 Å². The Bertz CT molecular complexity index is 145. The largest absolute Gasteiger partial charge is 0.296 e. The van der Waals surface area contributed by atoms with Gasteiger partial charge in [-0.2, -0.15) is 0 Å². The molecular formula is C9H15BrClN. The van der Waals surface area contributed by atoms with Crippen LogP contribution in [0.4, 0.5) is 0 Å². The highest BCUT2D eigenvalue weighted by molar-refractivity contribution is 9.09. The number of hydrogen-bond donors (Lipinski definition) is 0. The Labute approximate surface area is 87.9 Å². The molecule has 0 N–H and O–H groups in total. The summed E-state index contributed by atoms with van der Waals surface area (Å²) in [5, 5.41) is 1.06. The minimum absolute atomic E-state index is 0.815. The second kappa shape index (κ2) is 6.01. The molecule has 1 rings (SSSR count). The van der Waals surface area contributed by atoms with E-state index in [1.807, 2.05) is 6.08 Å². The summed E-state index contributed by atoms with van der Waals surface area (Å²) in [7, 11) is 0. The number of nitrogens with zero attached hydrogens (tertiary/aromatic N) is 1. The molecule has 0 aromatic carbocycles. The van der Waals surface area contributed by atoms with Crippen LogP contribution < -0.4 is 0 Å². The highest BCUT2D eigenvalue weighted by atomic mass is 79.9. The molecule has 0 atom stereocenters. The van der Waals surface area contributed by atoms with Crippen LogP contribution >= 0.6 is 27.5 Å². The maximum absolute atomic E-state index is 5.49. The fraction of sp³-hybridized carbons (Fsp3) is 0.778. The van der Waals surface area contributed by atoms with E-state index in [2.05, 4.69) is 20.8 Å². The summed E-state index contributed by atoms with van der Waals surface area (Å²) in [4.78, 5) is 2.48. The van der Waals surface area contributed by atoms with E-state index in [-0.39, 0.29) is 0 Å². The van der Waals surface area contributed by atoms with Gasteiger partial charge in [-0.25, -0.2) is 0 Å². The molecule has 1 nitrogen and oxygen atoms in total. The van der Waals surface area contributed by atoms with Crippen molar-refractivity contribution in [1.82, 2.24) is 4.90 Å². The van der Waals surface area contributed by atoms with Crippen LogP contribution in [0.3, 0.4) is 0 Å². The molecule has 0 amide bonds. The highest BCUT2D eigenvalue weighted by Gasteiger charge is 2.23. The Balaban J connectivity index is 2.26. The Kier molecular flexibility index (Phi) is 5.28. The molecule has 70 valence electrons. The molecule has 0 aromatic heterocycles. The molecule has 1 aliphatic carbocycles. The molecule has 1 aliphatic rings. The molecule has 0 radical (unpaired) electrons. The maximum atomic E-state index is 5.49. The van der Waals surface area contributed by atoms with Gasteiger partial charge in [-0.1, -0.05) is 40.0 Å². The highest BCUT2D eigenvalue weighted by Crippen LogP contribution is 2.24. The maximum Gasteiger partial charge on any atom is 0.0178 e. The summed E-state index contributed by atoms with van der Waals surface area (Å²) < 4.78 is 0. The van der Waals surface area contributed by atoms with E-state index in [1.165, 1.54) is 19.3 Å². The van der Waals surface area contributed by atoms with Gasteiger partial charge in [0.25, 0.3) is 0 Å². The lowest BCUT2D eigenvalue weighted by Crippen LogP contribution is -2.41. The van der Waals surface area contributed by atoms with Crippen molar-refractivity contribution in [3.05, 3.63) is 11.6 Å². The van der Waals surface area contributed by atoms with E-state index in [0.29, 0.717) is 0 Å². The van der Waals surface area contributed by atoms with Crippen molar-refractivity contribution >= 4 is 27.5 Å². The lowest BCUT2D eigenvalue weighted by Gasteiger charge is -2.36. The SMILES string of the molecule is Cl/C=C/CN(CCBr)C1CCC1. The van der Waals surface area contributed by atoms with Crippen LogP contribution in [0.1, 0.15) is 19.3 Å². The van der Waals surface area contributed by atoms with Gasteiger partial charge in [0, 0.05) is 30.0 Å². The molecule has 0 unspecified atom stereocenters. The molecule has 0 saturated heterocycles. The quantitative estimate of drug-likeness (QED) is 0.680. The first-order valence-corrected chi connectivity index (χ1v) is 5.99. The Hall–Kier alpha value is 0.470. The predicted molar refractivity (Wildman–Crippen MR) is 58.0 cm³/mol. The van der Waals surface area contributed by atoms with Gasteiger partial charge in [-0.3, -0.25) is 4.90 Å². The standard InChI is InChI=1S/C9H15BrClN/c10-5-8-12(7-2-6-11)9-3-1-4-9/h2,6,9H,1,3-5,7-8H2/b6-2+. The first-order valence-electron chi connectivity index (χ1n) is 4.43. The summed E-state index contributed by atoms with van der Waals surface area (Å²) in [6.07, 6.45) is 6.14. The van der Waals surface area contributed by atoms with Crippen LogP contribution in [0.5, 0.6) is 0 Å². The van der Waals surface area contributed by atoms with E-state index in [4.69, 9.17) is 11.6 Å². The zero-order valence-corrected chi connectivity index (χ0v) is 9.52. The van der Waals surface area contributed by atoms with Crippen molar-refractivity contribution in [3.63, 3.8) is 0 Å². The molecule has 0 heterocycles. The fourth-order valence-corrected chi connectivity index (χ4v) is 1.99. The lowest BCUT2D eigenvalue weighted by atomic mass is 9.91. The van der Waals surface area contributed by atoms with Gasteiger partial charge in [0.05, 0.1) is 0 Å². The number of rotatable bonds is 5. The average Bonchev–Trinajstić information content (AvgIpc) is 1.97. The van der Waals surface area contributed by atoms with Gasteiger partial charge in [0.2, 0.25) is 0 Å². The smallest absolute Gasteiger partial charge is 0.0178 e. The molecule has 0 bridgehead atoms. The monoisotopic (exact) mass is 251 g/mol. The number of halogens is 2. The molecule has 0 spiro atoms. The summed E-state index contributed by atoms with van der Waals surface area (Å²) >= 11 is 8.96. The van der Waals surface area contributed by atoms with Crippen LogP contribution in [0.25, 0.3) is 0 Å². The van der Waals surface area contributed by atoms with Crippen molar-refractivity contribution in [2.75, 3.05) is 18.4 Å². The van der Waals surface area contributed by atoms with E-state index >= 15 is 0 Å². The van der Waals surface area contributed by atoms with Crippen LogP contribution in [0.15, 0.2) is 11.6 Å². The molecule has 0 aromatic rings. The van der Waals surface area contributed by atoms with Gasteiger partial charge in [0.15, 0.2) is 0 Å². The van der Waals surface area contributed by atoms with E-state index in [9.17, 15) is 0 Å². The molecule has 12 heavy (non-hydrogen) atoms. The molecule has 0 aliphatic heterocycles. The van der Waals surface area contributed by atoms with E-state index in [0.717, 1.165) is 24.5 Å². The van der Waals surface area contributed by atoms with Gasteiger partial charge >= 0.3 is 0 Å². The third kappa shape index (κ3) is 3.08. The van der Waals surface area contributed by atoms with Crippen molar-refractivity contribution in [2.45, 2.75) is 25.3 Å². The predicted octanol–water partition coefficient (Wildman–Crippen LogP) is 2.99. The minimum Gasteiger partial charge on any atom is -0.296 e. The topological polar surface area (TPSA) is 3.24 Å². The Morgan fingerprint density at radius 2 is 2.25 bits per heavy atom. The van der Waals surface area contributed by atoms with Crippen molar-refractivity contribution < 1.29 is 0 Å². The molecule has 1 saturated carbocycles. The zero-order valence-electron chi connectivity index (χ0n) is 7.18. The summed E-state index contributed by atoms with van der Waals surface area (Å²) in [6.45, 7) is 2.13. The number of alkyl halides is 1. The number of hydrogen-bond acceptors (Lipinski definition) is 1. The normalized spacial score (nSPS) is 18.9. The summed E-state index contributed by atoms with van der Waals surface area (Å²) in [5.74, 6) is 0. The first kappa shape index (κ1) is 10.6. The Morgan fingerprint density at radius 3 is 2.67 bits per heavy atom.